The summed E-state index contributed by atoms with van der Waals surface area (Å²) in [6.45, 7) is 0.722. The lowest BCUT2D eigenvalue weighted by molar-refractivity contribution is -0.122. The van der Waals surface area contributed by atoms with Crippen molar-refractivity contribution in [2.45, 2.75) is 38.1 Å². The van der Waals surface area contributed by atoms with Crippen LogP contribution in [-0.2, 0) is 11.2 Å². The molecule has 1 atom stereocenters. The fraction of sp³-hybridized carbons (Fsp3) is 0.714. The maximum Gasteiger partial charge on any atom is 0.237 e. The highest BCUT2D eigenvalue weighted by atomic mass is 32.2. The predicted octanol–water partition coefficient (Wildman–Crippen LogP) is 1.22. The molecule has 20 heavy (non-hydrogen) atoms. The van der Waals surface area contributed by atoms with Gasteiger partial charge >= 0.3 is 0 Å². The van der Waals surface area contributed by atoms with Crippen LogP contribution in [0.3, 0.4) is 0 Å². The van der Waals surface area contributed by atoms with Gasteiger partial charge in [0.25, 0.3) is 0 Å². The highest BCUT2D eigenvalue weighted by Gasteiger charge is 2.14. The third kappa shape index (κ3) is 7.55. The fourth-order valence-corrected chi connectivity index (χ4v) is 2.83. The van der Waals surface area contributed by atoms with Gasteiger partial charge in [-0.1, -0.05) is 12.8 Å². The first-order chi connectivity index (χ1) is 9.59. The number of carbonyl (C=O) groups is 1. The number of hydrogen-bond acceptors (Lipinski definition) is 3. The van der Waals surface area contributed by atoms with Gasteiger partial charge in [-0.2, -0.15) is 0 Å². The molecule has 1 aromatic rings. The van der Waals surface area contributed by atoms with E-state index in [4.69, 9.17) is 5.73 Å². The van der Waals surface area contributed by atoms with Crippen LogP contribution >= 0.6 is 10.9 Å². The van der Waals surface area contributed by atoms with Gasteiger partial charge in [-0.15, -0.1) is 0 Å². The molecule has 0 fully saturated rings. The number of nitrogens with two attached hydrogens (primary N) is 1. The summed E-state index contributed by atoms with van der Waals surface area (Å²) in [5.74, 6) is 1.27. The number of hydrogen-bond donors (Lipinski definition) is 4. The molecule has 0 aromatic carbocycles. The summed E-state index contributed by atoms with van der Waals surface area (Å²) in [5, 5.41) is 2.90. The van der Waals surface area contributed by atoms with Gasteiger partial charge in [-0.25, -0.2) is 4.98 Å². The van der Waals surface area contributed by atoms with Crippen molar-refractivity contribution in [3.63, 3.8) is 0 Å². The molecule has 0 aliphatic carbocycles. The van der Waals surface area contributed by atoms with Gasteiger partial charge in [-0.3, -0.25) is 15.7 Å². The van der Waals surface area contributed by atoms with E-state index in [1.165, 1.54) is 25.0 Å². The van der Waals surface area contributed by atoms with Crippen molar-refractivity contribution in [2.75, 3.05) is 24.8 Å². The third-order valence-corrected chi connectivity index (χ3v) is 4.36. The van der Waals surface area contributed by atoms with E-state index < -0.39 is 6.04 Å². The summed E-state index contributed by atoms with van der Waals surface area (Å²) < 4.78 is 0. The van der Waals surface area contributed by atoms with Gasteiger partial charge < -0.3 is 16.0 Å². The maximum absolute atomic E-state index is 11.8. The molecule has 0 saturated heterocycles. The Morgan fingerprint density at radius 1 is 1.40 bits per heavy atom. The molecule has 1 heterocycles. The Bertz CT molecular complexity index is 367. The molecule has 0 spiro atoms. The number of nitrogens with zero attached hydrogens (tertiary/aromatic N) is 1. The molecule has 0 radical (unpaired) electrons. The molecule has 6 heteroatoms. The highest BCUT2D eigenvalue weighted by Crippen LogP contribution is 2.16. The summed E-state index contributed by atoms with van der Waals surface area (Å²) in [7, 11) is 0.241. The quantitative estimate of drug-likeness (QED) is 0.387. The van der Waals surface area contributed by atoms with E-state index in [1.807, 2.05) is 0 Å². The van der Waals surface area contributed by atoms with E-state index in [0.717, 1.165) is 18.7 Å². The first kappa shape index (κ1) is 17.0. The number of amides is 1. The van der Waals surface area contributed by atoms with Crippen LogP contribution in [0.4, 0.5) is 0 Å². The first-order valence-electron chi connectivity index (χ1n) is 7.25. The van der Waals surface area contributed by atoms with Crippen molar-refractivity contribution >= 4 is 16.8 Å². The van der Waals surface area contributed by atoms with E-state index in [-0.39, 0.29) is 16.8 Å². The van der Waals surface area contributed by atoms with Crippen LogP contribution in [0.25, 0.3) is 0 Å². The summed E-state index contributed by atoms with van der Waals surface area (Å²) in [5.41, 5.74) is 6.66. The Labute approximate surface area is 124 Å². The standard InChI is InChI=1S/C14H28N4OS/c1-20(2)8-6-4-3-5-7-17-14(19)13(15)9-12-10-16-11-18-12/h10-11,13,20H,3-9,15H2,1-2H3,(H,16,18)(H,17,19). The normalized spacial score (nSPS) is 13.1. The summed E-state index contributed by atoms with van der Waals surface area (Å²) >= 11 is 0. The molecule has 1 rings (SSSR count). The minimum Gasteiger partial charge on any atom is -0.355 e. The Hall–Kier alpha value is -1.01. The Balaban J connectivity index is 2.02. The van der Waals surface area contributed by atoms with Crippen LogP contribution in [0.5, 0.6) is 0 Å². The molecule has 5 nitrogen and oxygen atoms in total. The second kappa shape index (κ2) is 9.83. The largest absolute Gasteiger partial charge is 0.355 e. The number of rotatable bonds is 10. The van der Waals surface area contributed by atoms with Gasteiger partial charge in [0, 0.05) is 19.2 Å². The summed E-state index contributed by atoms with van der Waals surface area (Å²) in [6, 6.07) is -0.512. The van der Waals surface area contributed by atoms with E-state index in [2.05, 4.69) is 27.8 Å². The molecule has 4 N–H and O–H groups in total. The number of aromatic amines is 1. The molecule has 0 saturated carbocycles. The Kier molecular flexibility index (Phi) is 8.37. The van der Waals surface area contributed by atoms with Gasteiger partial charge in [-0.05, 0) is 31.1 Å². The van der Waals surface area contributed by atoms with Crippen LogP contribution in [0.1, 0.15) is 31.4 Å². The van der Waals surface area contributed by atoms with Crippen LogP contribution < -0.4 is 11.1 Å². The molecule has 1 amide bonds. The second-order valence-corrected chi connectivity index (χ2v) is 7.99. The minimum atomic E-state index is -0.512. The van der Waals surface area contributed by atoms with Crippen molar-refractivity contribution in [3.05, 3.63) is 18.2 Å². The first-order valence-corrected chi connectivity index (χ1v) is 9.67. The molecule has 1 aromatic heterocycles. The molecule has 1 unspecified atom stereocenters. The lowest BCUT2D eigenvalue weighted by Crippen LogP contribution is -2.42. The fourth-order valence-electron chi connectivity index (χ4n) is 1.97. The van der Waals surface area contributed by atoms with Crippen molar-refractivity contribution in [2.24, 2.45) is 5.73 Å². The molecule has 0 bridgehead atoms. The van der Waals surface area contributed by atoms with Crippen molar-refractivity contribution < 1.29 is 4.79 Å². The second-order valence-electron chi connectivity index (χ2n) is 5.38. The average molecular weight is 300 g/mol. The van der Waals surface area contributed by atoms with Crippen molar-refractivity contribution in [1.82, 2.24) is 15.3 Å². The van der Waals surface area contributed by atoms with Crippen LogP contribution in [0, 0.1) is 0 Å². The van der Waals surface area contributed by atoms with Gasteiger partial charge in [0.05, 0.1) is 18.1 Å². The lowest BCUT2D eigenvalue weighted by atomic mass is 10.1. The summed E-state index contributed by atoms with van der Waals surface area (Å²) in [4.78, 5) is 18.7. The van der Waals surface area contributed by atoms with Crippen LogP contribution in [0.2, 0.25) is 0 Å². The average Bonchev–Trinajstić information content (AvgIpc) is 2.89. The zero-order chi connectivity index (χ0) is 14.8. The monoisotopic (exact) mass is 300 g/mol. The highest BCUT2D eigenvalue weighted by molar-refractivity contribution is 8.15. The predicted molar refractivity (Wildman–Crippen MR) is 87.4 cm³/mol. The van der Waals surface area contributed by atoms with Crippen molar-refractivity contribution in [3.8, 4) is 0 Å². The van der Waals surface area contributed by atoms with E-state index >= 15 is 0 Å². The lowest BCUT2D eigenvalue weighted by Gasteiger charge is -2.11. The number of H-pyrrole nitrogens is 1. The smallest absolute Gasteiger partial charge is 0.237 e. The Morgan fingerprint density at radius 3 is 2.80 bits per heavy atom. The number of carbonyl (C=O) groups excluding carboxylic acids is 1. The van der Waals surface area contributed by atoms with Gasteiger partial charge in [0.15, 0.2) is 0 Å². The maximum atomic E-state index is 11.8. The number of thiol groups is 1. The van der Waals surface area contributed by atoms with Crippen LogP contribution in [0.15, 0.2) is 12.5 Å². The van der Waals surface area contributed by atoms with E-state index in [0.29, 0.717) is 6.42 Å². The molecular formula is C14H28N4OS. The van der Waals surface area contributed by atoms with Gasteiger partial charge in [0.2, 0.25) is 5.91 Å². The number of unbranched alkanes of at least 4 members (excludes halogenated alkanes) is 3. The molecule has 0 aliphatic rings. The zero-order valence-electron chi connectivity index (χ0n) is 12.6. The molecule has 116 valence electrons. The number of aromatic nitrogens is 2. The van der Waals surface area contributed by atoms with E-state index in [9.17, 15) is 4.79 Å². The number of nitrogens with one attached hydrogen (secondary N) is 2. The molecular weight excluding hydrogens is 272 g/mol. The zero-order valence-corrected chi connectivity index (χ0v) is 13.5. The minimum absolute atomic E-state index is 0.0846. The third-order valence-electron chi connectivity index (χ3n) is 3.15. The van der Waals surface area contributed by atoms with E-state index in [1.54, 1.807) is 12.5 Å². The topological polar surface area (TPSA) is 83.8 Å². The van der Waals surface area contributed by atoms with Crippen molar-refractivity contribution in [1.29, 1.82) is 0 Å². The number of imidazole rings is 1. The SMILES string of the molecule is C[SH](C)CCCCCCNC(=O)C(N)Cc1c[nH]cn1. The van der Waals surface area contributed by atoms with Gasteiger partial charge in [0.1, 0.15) is 0 Å². The summed E-state index contributed by atoms with van der Waals surface area (Å²) in [6.07, 6.45) is 13.3. The molecule has 0 aliphatic heterocycles. The Morgan fingerprint density at radius 2 is 2.15 bits per heavy atom. The van der Waals surface area contributed by atoms with Crippen LogP contribution in [-0.4, -0.2) is 46.7 Å².